The first-order valence-electron chi connectivity index (χ1n) is 5.93. The predicted molar refractivity (Wildman–Crippen MR) is 75.1 cm³/mol. The monoisotopic (exact) mass is 268 g/mol. The van der Waals surface area contributed by atoms with E-state index in [2.05, 4.69) is 5.43 Å². The van der Waals surface area contributed by atoms with Gasteiger partial charge in [0, 0.05) is 12.4 Å². The molecule has 18 heavy (non-hydrogen) atoms. The molecule has 0 aliphatic rings. The summed E-state index contributed by atoms with van der Waals surface area (Å²) < 4.78 is 0. The molecule has 0 heterocycles. The molecule has 0 bridgehead atoms. The summed E-state index contributed by atoms with van der Waals surface area (Å²) in [5.74, 6) is 6.54. The molecule has 0 radical (unpaired) electrons. The molecule has 100 valence electrons. The number of nitrogens with two attached hydrogens (primary N) is 1. The second kappa shape index (κ2) is 8.13. The maximum Gasteiger partial charge on any atom is 0.242 e. The molecule has 1 amide bonds. The first kappa shape index (κ1) is 15.0. The van der Waals surface area contributed by atoms with Crippen LogP contribution in [0.3, 0.4) is 0 Å². The van der Waals surface area contributed by atoms with E-state index in [0.29, 0.717) is 5.75 Å². The van der Waals surface area contributed by atoms with Crippen LogP contribution in [0, 0.1) is 5.92 Å². The number of hydrogen-bond donors (Lipinski definition) is 3. The molecular formula is C13H20N2O2S. The minimum Gasteiger partial charge on any atom is -0.396 e. The summed E-state index contributed by atoms with van der Waals surface area (Å²) in [6.45, 7) is 2.15. The summed E-state index contributed by atoms with van der Waals surface area (Å²) in [6, 6.07) is 9.59. The van der Waals surface area contributed by atoms with Crippen LogP contribution in [-0.4, -0.2) is 29.1 Å². The Morgan fingerprint density at radius 2 is 2.06 bits per heavy atom. The van der Waals surface area contributed by atoms with Crippen LogP contribution >= 0.6 is 11.8 Å². The van der Waals surface area contributed by atoms with E-state index in [1.807, 2.05) is 37.3 Å². The number of thioether (sulfide) groups is 1. The van der Waals surface area contributed by atoms with E-state index >= 15 is 0 Å². The van der Waals surface area contributed by atoms with E-state index in [-0.39, 0.29) is 24.3 Å². The van der Waals surface area contributed by atoms with Gasteiger partial charge in [0.15, 0.2) is 0 Å². The average Bonchev–Trinajstić information content (AvgIpc) is 2.43. The highest BCUT2D eigenvalue weighted by Gasteiger charge is 2.19. The van der Waals surface area contributed by atoms with E-state index < -0.39 is 0 Å². The number of nitrogens with one attached hydrogen (secondary N) is 1. The highest BCUT2D eigenvalue weighted by atomic mass is 32.2. The smallest absolute Gasteiger partial charge is 0.242 e. The highest BCUT2D eigenvalue weighted by Crippen LogP contribution is 2.22. The highest BCUT2D eigenvalue weighted by molar-refractivity contribution is 7.99. The summed E-state index contributed by atoms with van der Waals surface area (Å²) in [4.78, 5) is 11.8. The number of carbonyl (C=O) groups is 1. The Balaban J connectivity index is 2.60. The van der Waals surface area contributed by atoms with Crippen LogP contribution in [0.25, 0.3) is 0 Å². The normalized spacial score (nSPS) is 13.9. The molecule has 4 N–H and O–H groups in total. The predicted octanol–water partition coefficient (Wildman–Crippen LogP) is 1.12. The van der Waals surface area contributed by atoms with Crippen molar-refractivity contribution >= 4 is 17.7 Å². The van der Waals surface area contributed by atoms with Gasteiger partial charge in [-0.1, -0.05) is 37.3 Å². The fraction of sp³-hybridized carbons (Fsp3) is 0.462. The molecule has 0 aromatic heterocycles. The minimum atomic E-state index is -0.243. The fourth-order valence-corrected chi connectivity index (χ4v) is 2.77. The zero-order valence-corrected chi connectivity index (χ0v) is 11.3. The van der Waals surface area contributed by atoms with Crippen LogP contribution < -0.4 is 11.3 Å². The molecule has 1 rings (SSSR count). The van der Waals surface area contributed by atoms with E-state index in [9.17, 15) is 4.79 Å². The van der Waals surface area contributed by atoms with Crippen LogP contribution in [0.5, 0.6) is 0 Å². The first-order chi connectivity index (χ1) is 8.69. The molecule has 5 heteroatoms. The lowest BCUT2D eigenvalue weighted by atomic mass is 10.0. The standard InChI is InChI=1S/C13H20N2O2S/c1-10(7-16)8-18-9-12(13(17)15-14)11-5-3-2-4-6-11/h2-6,10,12,16H,7-9,14H2,1H3,(H,15,17). The van der Waals surface area contributed by atoms with Crippen molar-refractivity contribution in [3.8, 4) is 0 Å². The van der Waals surface area contributed by atoms with Gasteiger partial charge in [-0.3, -0.25) is 10.2 Å². The fourth-order valence-electron chi connectivity index (χ4n) is 1.55. The Morgan fingerprint density at radius 1 is 1.39 bits per heavy atom. The number of aliphatic hydroxyl groups is 1. The van der Waals surface area contributed by atoms with Gasteiger partial charge in [0.25, 0.3) is 0 Å². The maximum absolute atomic E-state index is 11.8. The quantitative estimate of drug-likeness (QED) is 0.393. The Bertz CT molecular complexity index is 359. The number of benzene rings is 1. The molecule has 0 aliphatic heterocycles. The summed E-state index contributed by atoms with van der Waals surface area (Å²) in [5, 5.41) is 8.96. The molecule has 4 nitrogen and oxygen atoms in total. The molecule has 0 fully saturated rings. The van der Waals surface area contributed by atoms with E-state index in [4.69, 9.17) is 10.9 Å². The van der Waals surface area contributed by atoms with E-state index in [0.717, 1.165) is 11.3 Å². The van der Waals surface area contributed by atoms with Gasteiger partial charge in [-0.05, 0) is 17.2 Å². The Morgan fingerprint density at radius 3 is 2.61 bits per heavy atom. The van der Waals surface area contributed by atoms with Gasteiger partial charge in [-0.15, -0.1) is 0 Å². The number of hydrogen-bond acceptors (Lipinski definition) is 4. The Kier molecular flexibility index (Phi) is 6.78. The van der Waals surface area contributed by atoms with E-state index in [1.165, 1.54) is 0 Å². The van der Waals surface area contributed by atoms with Gasteiger partial charge < -0.3 is 5.11 Å². The third-order valence-electron chi connectivity index (χ3n) is 2.66. The zero-order chi connectivity index (χ0) is 13.4. The lowest BCUT2D eigenvalue weighted by Gasteiger charge is -2.16. The largest absolute Gasteiger partial charge is 0.396 e. The second-order valence-corrected chi connectivity index (χ2v) is 5.37. The molecule has 2 unspecified atom stereocenters. The van der Waals surface area contributed by atoms with Crippen molar-refractivity contribution in [3.63, 3.8) is 0 Å². The van der Waals surface area contributed by atoms with Crippen LogP contribution in [0.4, 0.5) is 0 Å². The lowest BCUT2D eigenvalue weighted by molar-refractivity contribution is -0.122. The van der Waals surface area contributed by atoms with Crippen LogP contribution in [0.1, 0.15) is 18.4 Å². The number of aliphatic hydroxyl groups excluding tert-OH is 1. The lowest BCUT2D eigenvalue weighted by Crippen LogP contribution is -2.35. The summed E-state index contributed by atoms with van der Waals surface area (Å²) in [6.07, 6.45) is 0. The van der Waals surface area contributed by atoms with Gasteiger partial charge in [-0.25, -0.2) is 5.84 Å². The maximum atomic E-state index is 11.8. The summed E-state index contributed by atoms with van der Waals surface area (Å²) in [7, 11) is 0. The number of rotatable bonds is 7. The number of carbonyl (C=O) groups excluding carboxylic acids is 1. The second-order valence-electron chi connectivity index (χ2n) is 4.30. The third-order valence-corrected chi connectivity index (χ3v) is 4.03. The molecule has 1 aromatic carbocycles. The summed E-state index contributed by atoms with van der Waals surface area (Å²) in [5.41, 5.74) is 3.18. The summed E-state index contributed by atoms with van der Waals surface area (Å²) >= 11 is 1.66. The van der Waals surface area contributed by atoms with Gasteiger partial charge >= 0.3 is 0 Å². The van der Waals surface area contributed by atoms with Gasteiger partial charge in [0.1, 0.15) is 0 Å². The molecule has 2 atom stereocenters. The van der Waals surface area contributed by atoms with Crippen molar-refractivity contribution in [1.29, 1.82) is 0 Å². The van der Waals surface area contributed by atoms with Crippen molar-refractivity contribution < 1.29 is 9.90 Å². The van der Waals surface area contributed by atoms with E-state index in [1.54, 1.807) is 11.8 Å². The van der Waals surface area contributed by atoms with Gasteiger partial charge in [0.2, 0.25) is 5.91 Å². The molecular weight excluding hydrogens is 248 g/mol. The average molecular weight is 268 g/mol. The number of amides is 1. The SMILES string of the molecule is CC(CO)CSCC(C(=O)NN)c1ccccc1. The molecule has 1 aromatic rings. The van der Waals surface area contributed by atoms with Crippen molar-refractivity contribution in [1.82, 2.24) is 5.43 Å². The molecule has 0 saturated carbocycles. The van der Waals surface area contributed by atoms with Crippen molar-refractivity contribution in [2.45, 2.75) is 12.8 Å². The zero-order valence-electron chi connectivity index (χ0n) is 10.5. The Hall–Kier alpha value is -1.04. The van der Waals surface area contributed by atoms with Crippen molar-refractivity contribution in [2.75, 3.05) is 18.1 Å². The van der Waals surface area contributed by atoms with Crippen LogP contribution in [0.2, 0.25) is 0 Å². The number of hydrazine groups is 1. The molecule has 0 spiro atoms. The molecule has 0 aliphatic carbocycles. The first-order valence-corrected chi connectivity index (χ1v) is 7.08. The van der Waals surface area contributed by atoms with Crippen molar-refractivity contribution in [3.05, 3.63) is 35.9 Å². The van der Waals surface area contributed by atoms with Gasteiger partial charge in [-0.2, -0.15) is 11.8 Å². The minimum absolute atomic E-state index is 0.173. The third kappa shape index (κ3) is 4.68. The topological polar surface area (TPSA) is 75.3 Å². The van der Waals surface area contributed by atoms with Gasteiger partial charge in [0.05, 0.1) is 5.92 Å². The Labute approximate surface area is 112 Å². The van der Waals surface area contributed by atoms with Crippen molar-refractivity contribution in [2.24, 2.45) is 11.8 Å². The van der Waals surface area contributed by atoms with Crippen LogP contribution in [0.15, 0.2) is 30.3 Å². The molecule has 0 saturated heterocycles. The van der Waals surface area contributed by atoms with Crippen LogP contribution in [-0.2, 0) is 4.79 Å².